The first-order valence-corrected chi connectivity index (χ1v) is 12.1. The van der Waals surface area contributed by atoms with Gasteiger partial charge in [-0.15, -0.1) is 0 Å². The molecule has 2 atom stereocenters. The molecule has 1 aliphatic rings. The minimum absolute atomic E-state index is 0.00902. The first-order chi connectivity index (χ1) is 15.8. The van der Waals surface area contributed by atoms with Crippen LogP contribution in [0.25, 0.3) is 0 Å². The van der Waals surface area contributed by atoms with Crippen molar-refractivity contribution in [3.8, 4) is 11.8 Å². The van der Waals surface area contributed by atoms with Gasteiger partial charge >= 0.3 is 5.97 Å². The number of ether oxygens (including phenoxy) is 2. The quantitative estimate of drug-likeness (QED) is 0.277. The number of unbranched alkanes of at least 4 members (excludes halogenated alkanes) is 1. The number of nitrogens with zero attached hydrogens (tertiary/aromatic N) is 1. The smallest absolute Gasteiger partial charge is 0.319 e. The van der Waals surface area contributed by atoms with Gasteiger partial charge in [0.2, 0.25) is 11.8 Å². The van der Waals surface area contributed by atoms with Crippen molar-refractivity contribution in [2.75, 3.05) is 26.0 Å². The van der Waals surface area contributed by atoms with Gasteiger partial charge in [0.25, 0.3) is 0 Å². The van der Waals surface area contributed by atoms with Crippen LogP contribution in [0.1, 0.15) is 38.2 Å². The van der Waals surface area contributed by atoms with Gasteiger partial charge in [0, 0.05) is 12.5 Å². The molecule has 33 heavy (non-hydrogen) atoms. The largest absolute Gasteiger partial charge is 0.491 e. The lowest BCUT2D eigenvalue weighted by Gasteiger charge is -2.31. The van der Waals surface area contributed by atoms with Crippen molar-refractivity contribution in [2.24, 2.45) is 5.92 Å². The van der Waals surface area contributed by atoms with E-state index in [1.54, 1.807) is 6.92 Å². The number of rotatable bonds is 10. The van der Waals surface area contributed by atoms with E-state index < -0.39 is 23.7 Å². The third-order valence-corrected chi connectivity index (χ3v) is 6.43. The highest BCUT2D eigenvalue weighted by molar-refractivity contribution is 8.03. The summed E-state index contributed by atoms with van der Waals surface area (Å²) in [6.45, 7) is 4.67. The fourth-order valence-electron chi connectivity index (χ4n) is 3.31. The number of thioether (sulfide) groups is 1. The second-order valence-corrected chi connectivity index (χ2v) is 8.86. The number of hydrogen-bond acceptors (Lipinski definition) is 7. The molecule has 1 aromatic carbocycles. The lowest BCUT2D eigenvalue weighted by molar-refractivity contribution is -0.150. The van der Waals surface area contributed by atoms with E-state index in [2.05, 4.69) is 16.7 Å². The van der Waals surface area contributed by atoms with Crippen LogP contribution in [-0.2, 0) is 19.1 Å². The van der Waals surface area contributed by atoms with Gasteiger partial charge in [-0.25, -0.2) is 0 Å². The Balaban J connectivity index is 2.48. The molecule has 8 nitrogen and oxygen atoms in total. The van der Waals surface area contributed by atoms with E-state index in [9.17, 15) is 19.6 Å². The third kappa shape index (κ3) is 6.56. The van der Waals surface area contributed by atoms with E-state index in [4.69, 9.17) is 32.7 Å². The zero-order valence-electron chi connectivity index (χ0n) is 18.5. The Bertz CT molecular complexity index is 970. The first-order valence-electron chi connectivity index (χ1n) is 10.3. The number of carbonyl (C=O) groups excluding carboxylic acids is 3. The fraction of sp³-hybridized carbons (Fsp3) is 0.455. The minimum Gasteiger partial charge on any atom is -0.491 e. The summed E-state index contributed by atoms with van der Waals surface area (Å²) in [5.41, 5.74) is 0.480. The van der Waals surface area contributed by atoms with Crippen LogP contribution < -0.4 is 15.4 Å². The molecular formula is C22H25Cl2N3O5S. The maximum absolute atomic E-state index is 12.9. The van der Waals surface area contributed by atoms with E-state index in [1.165, 1.54) is 12.1 Å². The molecular weight excluding hydrogens is 489 g/mol. The fourth-order valence-corrected chi connectivity index (χ4v) is 4.81. The molecule has 178 valence electrons. The van der Waals surface area contributed by atoms with E-state index in [1.807, 2.05) is 6.92 Å². The molecule has 2 amide bonds. The van der Waals surface area contributed by atoms with E-state index in [0.717, 1.165) is 31.7 Å². The van der Waals surface area contributed by atoms with Crippen molar-refractivity contribution in [3.63, 3.8) is 0 Å². The Kier molecular flexibility index (Phi) is 10.4. The molecule has 2 rings (SSSR count). The number of carbonyl (C=O) groups is 3. The average Bonchev–Trinajstić information content (AvgIpc) is 2.79. The lowest BCUT2D eigenvalue weighted by atomic mass is 9.78. The summed E-state index contributed by atoms with van der Waals surface area (Å²) in [6.07, 6.45) is 1.79. The predicted octanol–water partition coefficient (Wildman–Crippen LogP) is 3.78. The summed E-state index contributed by atoms with van der Waals surface area (Å²) in [5.74, 6) is -3.78. The second kappa shape index (κ2) is 12.7. The molecule has 0 fully saturated rings. The molecule has 0 bridgehead atoms. The zero-order chi connectivity index (χ0) is 24.5. The maximum Gasteiger partial charge on any atom is 0.319 e. The highest BCUT2D eigenvalue weighted by Crippen LogP contribution is 2.44. The summed E-state index contributed by atoms with van der Waals surface area (Å²) in [4.78, 5) is 37.5. The van der Waals surface area contributed by atoms with Gasteiger partial charge in [0.15, 0.2) is 5.75 Å². The van der Waals surface area contributed by atoms with Crippen molar-refractivity contribution in [2.45, 2.75) is 32.6 Å². The number of nitrogens with one attached hydrogen (secondary N) is 2. The van der Waals surface area contributed by atoms with Crippen LogP contribution in [0.15, 0.2) is 22.7 Å². The van der Waals surface area contributed by atoms with Crippen molar-refractivity contribution in [1.29, 1.82) is 5.26 Å². The summed E-state index contributed by atoms with van der Waals surface area (Å²) >= 11 is 13.7. The lowest BCUT2D eigenvalue weighted by Crippen LogP contribution is -2.44. The van der Waals surface area contributed by atoms with Gasteiger partial charge in [-0.2, -0.15) is 5.26 Å². The number of esters is 1. The predicted molar refractivity (Wildman–Crippen MR) is 127 cm³/mol. The van der Waals surface area contributed by atoms with Crippen LogP contribution in [0.2, 0.25) is 10.0 Å². The van der Waals surface area contributed by atoms with Crippen LogP contribution >= 0.6 is 35.0 Å². The van der Waals surface area contributed by atoms with Crippen LogP contribution in [0.4, 0.5) is 0 Å². The van der Waals surface area contributed by atoms with E-state index in [-0.39, 0.29) is 38.1 Å². The SMILES string of the molecule is CCCCNC(=O)CSC1=C(C#N)[C@@H](c2cc(Cl)c(OCC)c(Cl)c2)[C@@H](C(=O)OC)C(=O)N1. The standard InChI is InChI=1S/C22H25Cl2N3O5S/c1-4-6-7-26-16(28)11-33-21-13(10-25)17(18(20(29)27-21)22(30)31-3)12-8-14(23)19(32-5-2)15(24)9-12/h8-9,17-18H,4-7,11H2,1-3H3,(H,26,28)(H,27,29)/t17-,18-/m1/s1. The van der Waals surface area contributed by atoms with Crippen molar-refractivity contribution in [1.82, 2.24) is 10.6 Å². The molecule has 0 radical (unpaired) electrons. The summed E-state index contributed by atoms with van der Waals surface area (Å²) < 4.78 is 10.3. The molecule has 0 aromatic heterocycles. The van der Waals surface area contributed by atoms with Gasteiger partial charge in [0.1, 0.15) is 5.92 Å². The number of halogens is 2. The number of benzene rings is 1. The molecule has 0 saturated heterocycles. The highest BCUT2D eigenvalue weighted by atomic mass is 35.5. The zero-order valence-corrected chi connectivity index (χ0v) is 20.8. The van der Waals surface area contributed by atoms with Gasteiger partial charge in [-0.05, 0) is 31.0 Å². The molecule has 0 aliphatic carbocycles. The summed E-state index contributed by atoms with van der Waals surface area (Å²) in [7, 11) is 1.16. The van der Waals surface area contributed by atoms with Crippen LogP contribution in [0.5, 0.6) is 5.75 Å². The van der Waals surface area contributed by atoms with Gasteiger partial charge in [-0.3, -0.25) is 14.4 Å². The number of allylic oxidation sites excluding steroid dienone is 1. The number of hydrogen-bond donors (Lipinski definition) is 2. The average molecular weight is 514 g/mol. The van der Waals surface area contributed by atoms with Crippen molar-refractivity contribution in [3.05, 3.63) is 38.3 Å². The summed E-state index contributed by atoms with van der Waals surface area (Å²) in [5, 5.41) is 15.9. The molecule has 1 aromatic rings. The van der Waals surface area contributed by atoms with Gasteiger partial charge in [-0.1, -0.05) is 48.3 Å². The Morgan fingerprint density at radius 1 is 1.27 bits per heavy atom. The molecule has 2 N–H and O–H groups in total. The van der Waals surface area contributed by atoms with E-state index >= 15 is 0 Å². The molecule has 11 heteroatoms. The van der Waals surface area contributed by atoms with E-state index in [0.29, 0.717) is 18.7 Å². The minimum atomic E-state index is -1.34. The molecule has 1 heterocycles. The van der Waals surface area contributed by atoms with Crippen LogP contribution in [0.3, 0.4) is 0 Å². The molecule has 0 unspecified atom stereocenters. The number of methoxy groups -OCH3 is 1. The number of amides is 2. The van der Waals surface area contributed by atoms with Crippen molar-refractivity contribution >= 4 is 52.7 Å². The molecule has 0 saturated carbocycles. The number of nitriles is 1. The third-order valence-electron chi connectivity index (χ3n) is 4.85. The molecule has 0 spiro atoms. The van der Waals surface area contributed by atoms with Crippen LogP contribution in [-0.4, -0.2) is 43.8 Å². The van der Waals surface area contributed by atoms with Crippen molar-refractivity contribution < 1.29 is 23.9 Å². The normalized spacial score (nSPS) is 17.8. The Labute approximate surface area is 207 Å². The monoisotopic (exact) mass is 513 g/mol. The Morgan fingerprint density at radius 3 is 2.48 bits per heavy atom. The van der Waals surface area contributed by atoms with Gasteiger partial charge < -0.3 is 20.1 Å². The Morgan fingerprint density at radius 2 is 1.94 bits per heavy atom. The molecule has 1 aliphatic heterocycles. The first kappa shape index (κ1) is 26.8. The van der Waals surface area contributed by atoms with Gasteiger partial charge in [0.05, 0.1) is 46.2 Å². The maximum atomic E-state index is 12.9. The summed E-state index contributed by atoms with van der Waals surface area (Å²) in [6, 6.07) is 5.09. The highest BCUT2D eigenvalue weighted by Gasteiger charge is 2.44. The van der Waals surface area contributed by atoms with Crippen LogP contribution in [0, 0.1) is 17.2 Å². The second-order valence-electron chi connectivity index (χ2n) is 7.06. The topological polar surface area (TPSA) is 118 Å². The Hall–Kier alpha value is -2.41.